The summed E-state index contributed by atoms with van der Waals surface area (Å²) in [5.74, 6) is 0.588. The highest BCUT2D eigenvalue weighted by molar-refractivity contribution is 5.93. The Morgan fingerprint density at radius 3 is 2.78 bits per heavy atom. The van der Waals surface area contributed by atoms with Crippen LogP contribution in [0.4, 0.5) is 10.2 Å². The molecule has 23 heavy (non-hydrogen) atoms. The molecule has 0 saturated carbocycles. The van der Waals surface area contributed by atoms with E-state index in [1.165, 1.54) is 35.0 Å². The molecule has 118 valence electrons. The summed E-state index contributed by atoms with van der Waals surface area (Å²) in [6.07, 6.45) is 1.54. The van der Waals surface area contributed by atoms with Crippen LogP contribution in [0.15, 0.2) is 40.9 Å². The number of aryl methyl sites for hydroxylation is 1. The number of oxazole rings is 1. The van der Waals surface area contributed by atoms with Crippen molar-refractivity contribution in [2.24, 2.45) is 0 Å². The molecule has 2 heterocycles. The summed E-state index contributed by atoms with van der Waals surface area (Å²) >= 11 is 0. The summed E-state index contributed by atoms with van der Waals surface area (Å²) in [5.41, 5.74) is 6.58. The molecule has 0 aliphatic heterocycles. The highest BCUT2D eigenvalue weighted by Crippen LogP contribution is 2.15. The predicted molar refractivity (Wildman–Crippen MR) is 80.3 cm³/mol. The fraction of sp³-hybridized carbons (Fsp3) is 0.133. The summed E-state index contributed by atoms with van der Waals surface area (Å²) in [5, 5.41) is 6.80. The molecule has 0 saturated heterocycles. The Morgan fingerprint density at radius 1 is 1.39 bits per heavy atom. The lowest BCUT2D eigenvalue weighted by Crippen LogP contribution is -2.23. The van der Waals surface area contributed by atoms with Gasteiger partial charge < -0.3 is 15.5 Å². The highest BCUT2D eigenvalue weighted by Gasteiger charge is 2.14. The van der Waals surface area contributed by atoms with Gasteiger partial charge in [-0.15, -0.1) is 0 Å². The highest BCUT2D eigenvalue weighted by atomic mass is 19.1. The molecule has 0 aliphatic carbocycles. The molecule has 3 N–H and O–H groups in total. The molecule has 0 radical (unpaired) electrons. The number of nitrogens with two attached hydrogens (primary N) is 1. The van der Waals surface area contributed by atoms with Gasteiger partial charge in [-0.3, -0.25) is 4.79 Å². The van der Waals surface area contributed by atoms with Crippen LogP contribution in [0, 0.1) is 12.7 Å². The Hall–Kier alpha value is -3.16. The van der Waals surface area contributed by atoms with Crippen molar-refractivity contribution in [3.63, 3.8) is 0 Å². The third-order valence-electron chi connectivity index (χ3n) is 3.13. The maximum absolute atomic E-state index is 13.0. The SMILES string of the molecule is Cc1ncc(CNC(=O)c2cc(N)n(-c3ccc(F)cc3)n2)o1. The van der Waals surface area contributed by atoms with E-state index in [1.54, 1.807) is 13.1 Å². The van der Waals surface area contributed by atoms with Gasteiger partial charge in [-0.2, -0.15) is 5.10 Å². The smallest absolute Gasteiger partial charge is 0.272 e. The van der Waals surface area contributed by atoms with Gasteiger partial charge in [0.25, 0.3) is 5.91 Å². The topological polar surface area (TPSA) is 99.0 Å². The molecule has 3 aromatic rings. The maximum atomic E-state index is 13.0. The third-order valence-corrected chi connectivity index (χ3v) is 3.13. The lowest BCUT2D eigenvalue weighted by molar-refractivity contribution is 0.0942. The van der Waals surface area contributed by atoms with Gasteiger partial charge >= 0.3 is 0 Å². The van der Waals surface area contributed by atoms with E-state index in [0.29, 0.717) is 17.3 Å². The van der Waals surface area contributed by atoms with E-state index in [4.69, 9.17) is 10.2 Å². The summed E-state index contributed by atoms with van der Waals surface area (Å²) in [6, 6.07) is 7.09. The molecule has 0 fully saturated rings. The molecule has 0 aliphatic rings. The van der Waals surface area contributed by atoms with Crippen LogP contribution in [0.25, 0.3) is 5.69 Å². The number of nitrogen functional groups attached to an aromatic ring is 1. The third kappa shape index (κ3) is 3.20. The molecule has 7 nitrogen and oxygen atoms in total. The molecule has 0 atom stereocenters. The predicted octanol–water partition coefficient (Wildman–Crippen LogP) is 1.82. The second-order valence-corrected chi connectivity index (χ2v) is 4.87. The van der Waals surface area contributed by atoms with Crippen molar-refractivity contribution >= 4 is 11.7 Å². The number of hydrogen-bond acceptors (Lipinski definition) is 5. The lowest BCUT2D eigenvalue weighted by atomic mass is 10.3. The number of carbonyl (C=O) groups is 1. The molecule has 1 aromatic carbocycles. The number of nitrogens with one attached hydrogen (secondary N) is 1. The summed E-state index contributed by atoms with van der Waals surface area (Å²) < 4.78 is 19.6. The second-order valence-electron chi connectivity index (χ2n) is 4.87. The zero-order chi connectivity index (χ0) is 16.4. The number of amides is 1. The van der Waals surface area contributed by atoms with E-state index < -0.39 is 5.91 Å². The maximum Gasteiger partial charge on any atom is 0.272 e. The van der Waals surface area contributed by atoms with Gasteiger partial charge in [0.05, 0.1) is 18.4 Å². The number of aromatic nitrogens is 3. The first kappa shape index (κ1) is 14.8. The van der Waals surface area contributed by atoms with Gasteiger partial charge in [-0.25, -0.2) is 14.1 Å². The van der Waals surface area contributed by atoms with Crippen molar-refractivity contribution in [2.45, 2.75) is 13.5 Å². The first-order chi connectivity index (χ1) is 11.0. The molecule has 3 rings (SSSR count). The Morgan fingerprint density at radius 2 is 2.13 bits per heavy atom. The number of hydrogen-bond donors (Lipinski definition) is 2. The lowest BCUT2D eigenvalue weighted by Gasteiger charge is -2.03. The second kappa shape index (κ2) is 5.91. The van der Waals surface area contributed by atoms with E-state index in [9.17, 15) is 9.18 Å². The minimum absolute atomic E-state index is 0.156. The van der Waals surface area contributed by atoms with E-state index in [-0.39, 0.29) is 23.9 Å². The Bertz CT molecular complexity index is 838. The first-order valence-electron chi connectivity index (χ1n) is 6.84. The van der Waals surface area contributed by atoms with Crippen LogP contribution in [-0.4, -0.2) is 20.7 Å². The number of nitrogens with zero attached hydrogens (tertiary/aromatic N) is 3. The van der Waals surface area contributed by atoms with Gasteiger partial charge in [0.2, 0.25) is 0 Å². The molecule has 1 amide bonds. The molecular formula is C15H14FN5O2. The largest absolute Gasteiger partial charge is 0.444 e. The van der Waals surface area contributed by atoms with Crippen molar-refractivity contribution in [3.05, 3.63) is 59.7 Å². The molecule has 0 unspecified atom stereocenters. The van der Waals surface area contributed by atoms with Gasteiger partial charge in [0.1, 0.15) is 17.4 Å². The van der Waals surface area contributed by atoms with Crippen LogP contribution in [0.2, 0.25) is 0 Å². The van der Waals surface area contributed by atoms with Crippen molar-refractivity contribution in [1.29, 1.82) is 0 Å². The van der Waals surface area contributed by atoms with E-state index in [1.807, 2.05) is 0 Å². The van der Waals surface area contributed by atoms with Crippen LogP contribution in [0.3, 0.4) is 0 Å². The van der Waals surface area contributed by atoms with Crippen LogP contribution < -0.4 is 11.1 Å². The van der Waals surface area contributed by atoms with Gasteiger partial charge in [-0.05, 0) is 24.3 Å². The quantitative estimate of drug-likeness (QED) is 0.765. The minimum atomic E-state index is -0.397. The summed E-state index contributed by atoms with van der Waals surface area (Å²) in [4.78, 5) is 16.1. The zero-order valence-electron chi connectivity index (χ0n) is 12.3. The van der Waals surface area contributed by atoms with Crippen LogP contribution in [-0.2, 0) is 6.54 Å². The number of benzene rings is 1. The normalized spacial score (nSPS) is 10.7. The fourth-order valence-electron chi connectivity index (χ4n) is 2.04. The fourth-order valence-corrected chi connectivity index (χ4v) is 2.04. The summed E-state index contributed by atoms with van der Waals surface area (Å²) in [6.45, 7) is 1.92. The summed E-state index contributed by atoms with van der Waals surface area (Å²) in [7, 11) is 0. The average Bonchev–Trinajstić information content (AvgIpc) is 3.12. The van der Waals surface area contributed by atoms with Crippen molar-refractivity contribution in [2.75, 3.05) is 5.73 Å². The van der Waals surface area contributed by atoms with Crippen molar-refractivity contribution in [3.8, 4) is 5.69 Å². The van der Waals surface area contributed by atoms with Crippen LogP contribution in [0.5, 0.6) is 0 Å². The van der Waals surface area contributed by atoms with E-state index >= 15 is 0 Å². The van der Waals surface area contributed by atoms with E-state index in [2.05, 4.69) is 15.4 Å². The minimum Gasteiger partial charge on any atom is -0.444 e. The molecule has 0 bridgehead atoms. The van der Waals surface area contributed by atoms with Crippen molar-refractivity contribution < 1.29 is 13.6 Å². The Kier molecular flexibility index (Phi) is 3.80. The average molecular weight is 315 g/mol. The monoisotopic (exact) mass is 315 g/mol. The van der Waals surface area contributed by atoms with Gasteiger partial charge in [0, 0.05) is 13.0 Å². The number of halogens is 1. The van der Waals surface area contributed by atoms with E-state index in [0.717, 1.165) is 0 Å². The van der Waals surface area contributed by atoms with Crippen molar-refractivity contribution in [1.82, 2.24) is 20.1 Å². The Labute approximate surface area is 130 Å². The first-order valence-corrected chi connectivity index (χ1v) is 6.84. The standard InChI is InChI=1S/C15H14FN5O2/c1-9-18-7-12(23-9)8-19-15(22)13-6-14(17)21(20-13)11-4-2-10(16)3-5-11/h2-7H,8,17H2,1H3,(H,19,22). The molecule has 2 aromatic heterocycles. The van der Waals surface area contributed by atoms with Gasteiger partial charge in [-0.1, -0.05) is 0 Å². The van der Waals surface area contributed by atoms with Crippen LogP contribution >= 0.6 is 0 Å². The van der Waals surface area contributed by atoms with Gasteiger partial charge in [0.15, 0.2) is 11.6 Å². The number of carbonyl (C=O) groups excluding carboxylic acids is 1. The molecule has 0 spiro atoms. The van der Waals surface area contributed by atoms with Crippen LogP contribution in [0.1, 0.15) is 22.1 Å². The zero-order valence-corrected chi connectivity index (χ0v) is 12.3. The number of rotatable bonds is 4. The number of anilines is 1. The Balaban J connectivity index is 1.74. The molecule has 8 heteroatoms. The molecular weight excluding hydrogens is 301 g/mol.